The normalized spacial score (nSPS) is 12.1. The molecule has 3 aromatic rings. The van der Waals surface area contributed by atoms with Gasteiger partial charge in [0.15, 0.2) is 0 Å². The molecule has 0 amide bonds. The van der Waals surface area contributed by atoms with Crippen LogP contribution in [0.25, 0.3) is 10.9 Å². The van der Waals surface area contributed by atoms with Crippen molar-refractivity contribution < 1.29 is 14.6 Å². The van der Waals surface area contributed by atoms with Crippen LogP contribution >= 0.6 is 0 Å². The molecule has 0 bridgehead atoms. The van der Waals surface area contributed by atoms with Crippen molar-refractivity contribution in [3.8, 4) is 11.5 Å². The second-order valence-corrected chi connectivity index (χ2v) is 6.94. The smallest absolute Gasteiger partial charge is 0.252 e. The minimum absolute atomic E-state index is 0.117. The first-order chi connectivity index (χ1) is 13.5. The van der Waals surface area contributed by atoms with Crippen molar-refractivity contribution >= 4 is 10.9 Å². The summed E-state index contributed by atoms with van der Waals surface area (Å²) in [7, 11) is 1.59. The summed E-state index contributed by atoms with van der Waals surface area (Å²) in [5.41, 5.74) is 3.59. The molecule has 0 aliphatic heterocycles. The van der Waals surface area contributed by atoms with Crippen molar-refractivity contribution in [3.63, 3.8) is 0 Å². The molecule has 1 aromatic heterocycles. The summed E-state index contributed by atoms with van der Waals surface area (Å²) in [4.78, 5) is 15.3. The fourth-order valence-corrected chi connectivity index (χ4v) is 3.18. The minimum atomic E-state index is -0.699. The van der Waals surface area contributed by atoms with Crippen LogP contribution in [0.15, 0.2) is 47.3 Å². The number of rotatable bonds is 8. The summed E-state index contributed by atoms with van der Waals surface area (Å²) in [6.45, 7) is 4.85. The quantitative estimate of drug-likeness (QED) is 0.558. The van der Waals surface area contributed by atoms with Gasteiger partial charge in [0.05, 0.1) is 12.6 Å². The maximum absolute atomic E-state index is 12.3. The van der Waals surface area contributed by atoms with E-state index in [1.54, 1.807) is 19.2 Å². The maximum Gasteiger partial charge on any atom is 0.252 e. The molecule has 148 valence electrons. The van der Waals surface area contributed by atoms with Gasteiger partial charge in [-0.15, -0.1) is 0 Å². The molecule has 2 aromatic carbocycles. The predicted octanol–water partition coefficient (Wildman–Crippen LogP) is 2.68. The summed E-state index contributed by atoms with van der Waals surface area (Å²) in [6.07, 6.45) is -0.699. The van der Waals surface area contributed by atoms with Crippen LogP contribution in [-0.2, 0) is 6.54 Å². The van der Waals surface area contributed by atoms with Crippen LogP contribution in [0, 0.1) is 13.8 Å². The lowest BCUT2D eigenvalue weighted by Crippen LogP contribution is -2.32. The highest BCUT2D eigenvalue weighted by Gasteiger charge is 2.09. The Morgan fingerprint density at radius 2 is 1.93 bits per heavy atom. The molecule has 1 atom stereocenters. The number of ether oxygens (including phenoxy) is 2. The highest BCUT2D eigenvalue weighted by atomic mass is 16.5. The highest BCUT2D eigenvalue weighted by Crippen LogP contribution is 2.19. The van der Waals surface area contributed by atoms with Crippen molar-refractivity contribution in [1.29, 1.82) is 0 Å². The Kier molecular flexibility index (Phi) is 6.34. The Morgan fingerprint density at radius 1 is 1.14 bits per heavy atom. The molecule has 0 saturated carbocycles. The van der Waals surface area contributed by atoms with Gasteiger partial charge in [-0.3, -0.25) is 4.79 Å². The molecule has 0 radical (unpaired) electrons. The number of fused-ring (bicyclic) bond motifs is 1. The number of H-pyrrole nitrogens is 1. The third kappa shape index (κ3) is 4.91. The zero-order valence-corrected chi connectivity index (χ0v) is 16.4. The van der Waals surface area contributed by atoms with Crippen LogP contribution in [0.5, 0.6) is 11.5 Å². The first-order valence-corrected chi connectivity index (χ1v) is 9.25. The number of methoxy groups -OCH3 is 1. The van der Waals surface area contributed by atoms with E-state index in [-0.39, 0.29) is 12.2 Å². The lowest BCUT2D eigenvalue weighted by atomic mass is 10.1. The predicted molar refractivity (Wildman–Crippen MR) is 110 cm³/mol. The maximum atomic E-state index is 12.3. The first kappa shape index (κ1) is 19.9. The van der Waals surface area contributed by atoms with E-state index >= 15 is 0 Å². The van der Waals surface area contributed by atoms with Crippen LogP contribution in [0.4, 0.5) is 0 Å². The number of nitrogens with one attached hydrogen (secondary N) is 2. The molecule has 0 fully saturated rings. The number of aliphatic hydroxyl groups is 1. The summed E-state index contributed by atoms with van der Waals surface area (Å²) in [5, 5.41) is 14.3. The minimum Gasteiger partial charge on any atom is -0.497 e. The van der Waals surface area contributed by atoms with E-state index in [9.17, 15) is 9.90 Å². The van der Waals surface area contributed by atoms with Gasteiger partial charge in [0.1, 0.15) is 24.2 Å². The summed E-state index contributed by atoms with van der Waals surface area (Å²) in [5.74, 6) is 1.33. The van der Waals surface area contributed by atoms with Crippen LogP contribution < -0.4 is 20.3 Å². The second-order valence-electron chi connectivity index (χ2n) is 6.94. The van der Waals surface area contributed by atoms with Gasteiger partial charge in [-0.05, 0) is 49.1 Å². The molecule has 3 N–H and O–H groups in total. The highest BCUT2D eigenvalue weighted by molar-refractivity contribution is 5.82. The van der Waals surface area contributed by atoms with Crippen molar-refractivity contribution in [1.82, 2.24) is 10.3 Å². The van der Waals surface area contributed by atoms with E-state index < -0.39 is 6.10 Å². The number of hydrogen-bond donors (Lipinski definition) is 3. The topological polar surface area (TPSA) is 83.6 Å². The van der Waals surface area contributed by atoms with Gasteiger partial charge in [0.25, 0.3) is 5.56 Å². The molecule has 3 rings (SSSR count). The molecular formula is C22H26N2O4. The zero-order valence-electron chi connectivity index (χ0n) is 16.4. The Labute approximate surface area is 164 Å². The fourth-order valence-electron chi connectivity index (χ4n) is 3.18. The number of aromatic amines is 1. The van der Waals surface area contributed by atoms with Crippen LogP contribution in [0.2, 0.25) is 0 Å². The number of aryl methyl sites for hydroxylation is 2. The van der Waals surface area contributed by atoms with E-state index in [0.29, 0.717) is 30.2 Å². The van der Waals surface area contributed by atoms with Gasteiger partial charge < -0.3 is 24.9 Å². The molecule has 0 saturated heterocycles. The number of hydrogen-bond acceptors (Lipinski definition) is 5. The average Bonchev–Trinajstić information content (AvgIpc) is 2.67. The van der Waals surface area contributed by atoms with Gasteiger partial charge in [0.2, 0.25) is 0 Å². The van der Waals surface area contributed by atoms with Crippen molar-refractivity contribution in [2.24, 2.45) is 0 Å². The second kappa shape index (κ2) is 8.91. The Hall–Kier alpha value is -2.83. The van der Waals surface area contributed by atoms with Crippen LogP contribution in [-0.4, -0.2) is 36.5 Å². The number of pyridine rings is 1. The van der Waals surface area contributed by atoms with Gasteiger partial charge in [0, 0.05) is 24.7 Å². The standard InChI is InChI=1S/C22H26N2O4/c1-14-7-15(2)21-16(8-14)9-17(22(26)24-21)11-23-12-18(25)13-28-20-6-4-5-19(10-20)27-3/h4-10,18,23,25H,11-13H2,1-3H3,(H,24,26)/t18-/m1/s1. The molecule has 6 heteroatoms. The SMILES string of the molecule is COc1cccc(OC[C@H](O)CNCc2cc3cc(C)cc(C)c3[nH]c2=O)c1. The Bertz CT molecular complexity index is 1010. The fraction of sp³-hybridized carbons (Fsp3) is 0.318. The summed E-state index contributed by atoms with van der Waals surface area (Å²) < 4.78 is 10.7. The number of aliphatic hydroxyl groups excluding tert-OH is 1. The molecule has 28 heavy (non-hydrogen) atoms. The average molecular weight is 382 g/mol. The molecule has 1 heterocycles. The Balaban J connectivity index is 1.55. The molecule has 6 nitrogen and oxygen atoms in total. The van der Waals surface area contributed by atoms with Crippen molar-refractivity contribution in [3.05, 3.63) is 69.5 Å². The van der Waals surface area contributed by atoms with Gasteiger partial charge in [-0.25, -0.2) is 0 Å². The summed E-state index contributed by atoms with van der Waals surface area (Å²) >= 11 is 0. The molecular weight excluding hydrogens is 356 g/mol. The van der Waals surface area contributed by atoms with E-state index in [4.69, 9.17) is 9.47 Å². The zero-order chi connectivity index (χ0) is 20.1. The van der Waals surface area contributed by atoms with Gasteiger partial charge >= 0.3 is 0 Å². The van der Waals surface area contributed by atoms with E-state index in [0.717, 1.165) is 22.0 Å². The van der Waals surface area contributed by atoms with Crippen LogP contribution in [0.3, 0.4) is 0 Å². The third-order valence-electron chi connectivity index (χ3n) is 4.55. The van der Waals surface area contributed by atoms with Crippen LogP contribution in [0.1, 0.15) is 16.7 Å². The molecule has 0 unspecified atom stereocenters. The van der Waals surface area contributed by atoms with Gasteiger partial charge in [-0.2, -0.15) is 0 Å². The van der Waals surface area contributed by atoms with Gasteiger partial charge in [-0.1, -0.05) is 17.7 Å². The first-order valence-electron chi connectivity index (χ1n) is 9.25. The third-order valence-corrected chi connectivity index (χ3v) is 4.55. The van der Waals surface area contributed by atoms with E-state index in [1.165, 1.54) is 0 Å². The van der Waals surface area contributed by atoms with E-state index in [2.05, 4.69) is 22.4 Å². The lowest BCUT2D eigenvalue weighted by Gasteiger charge is -2.14. The largest absolute Gasteiger partial charge is 0.497 e. The Morgan fingerprint density at radius 3 is 2.71 bits per heavy atom. The monoisotopic (exact) mass is 382 g/mol. The molecule has 0 aliphatic rings. The summed E-state index contributed by atoms with van der Waals surface area (Å²) in [6, 6.07) is 13.2. The van der Waals surface area contributed by atoms with E-state index in [1.807, 2.05) is 32.0 Å². The lowest BCUT2D eigenvalue weighted by molar-refractivity contribution is 0.106. The number of aromatic nitrogens is 1. The molecule has 0 spiro atoms. The number of benzene rings is 2. The molecule has 0 aliphatic carbocycles. The van der Waals surface area contributed by atoms with Crippen molar-refractivity contribution in [2.75, 3.05) is 20.3 Å². The van der Waals surface area contributed by atoms with Crippen molar-refractivity contribution in [2.45, 2.75) is 26.5 Å².